The molecular weight excluding hydrogens is 252 g/mol. The molecule has 1 aliphatic rings. The van der Waals surface area contributed by atoms with Crippen molar-refractivity contribution in [3.63, 3.8) is 0 Å². The number of rotatable bonds is 5. The van der Waals surface area contributed by atoms with Crippen LogP contribution < -0.4 is 0 Å². The van der Waals surface area contributed by atoms with Crippen molar-refractivity contribution in [2.75, 3.05) is 5.75 Å². The quantitative estimate of drug-likeness (QED) is 0.574. The van der Waals surface area contributed by atoms with E-state index in [-0.39, 0.29) is 5.92 Å². The van der Waals surface area contributed by atoms with Crippen molar-refractivity contribution in [1.29, 1.82) is 0 Å². The van der Waals surface area contributed by atoms with Gasteiger partial charge in [-0.15, -0.1) is 11.8 Å². The molecule has 19 heavy (non-hydrogen) atoms. The number of hydrogen-bond donors (Lipinski definition) is 0. The number of allylic oxidation sites excluding steroid dienone is 2. The van der Waals surface area contributed by atoms with E-state index < -0.39 is 0 Å². The molecule has 0 aromatic heterocycles. The Bertz CT molecular complexity index is 447. The van der Waals surface area contributed by atoms with Crippen LogP contribution in [0, 0.1) is 18.8 Å². The maximum atomic E-state index is 12.2. The Balaban J connectivity index is 1.86. The third-order valence-electron chi connectivity index (χ3n) is 3.82. The Hall–Kier alpha value is -1.02. The van der Waals surface area contributed by atoms with Crippen LogP contribution in [0.15, 0.2) is 41.3 Å². The van der Waals surface area contributed by atoms with Crippen LogP contribution >= 0.6 is 11.8 Å². The summed E-state index contributed by atoms with van der Waals surface area (Å²) >= 11 is 1.66. The van der Waals surface area contributed by atoms with Gasteiger partial charge in [-0.05, 0) is 37.8 Å². The van der Waals surface area contributed by atoms with Gasteiger partial charge in [-0.1, -0.05) is 43.2 Å². The normalized spacial score (nSPS) is 22.4. The van der Waals surface area contributed by atoms with Crippen LogP contribution in [0.5, 0.6) is 0 Å². The topological polar surface area (TPSA) is 17.1 Å². The zero-order valence-electron chi connectivity index (χ0n) is 11.8. The van der Waals surface area contributed by atoms with E-state index in [0.29, 0.717) is 17.5 Å². The molecule has 0 N–H and O–H groups in total. The van der Waals surface area contributed by atoms with Crippen molar-refractivity contribution >= 4 is 17.5 Å². The predicted molar refractivity (Wildman–Crippen MR) is 82.6 cm³/mol. The highest BCUT2D eigenvalue weighted by molar-refractivity contribution is 8.00. The van der Waals surface area contributed by atoms with Crippen molar-refractivity contribution in [1.82, 2.24) is 0 Å². The van der Waals surface area contributed by atoms with Gasteiger partial charge in [0, 0.05) is 10.8 Å². The van der Waals surface area contributed by atoms with Gasteiger partial charge in [0.15, 0.2) is 0 Å². The molecule has 0 saturated heterocycles. The lowest BCUT2D eigenvalue weighted by molar-refractivity contribution is -0.119. The molecule has 0 aliphatic heterocycles. The summed E-state index contributed by atoms with van der Waals surface area (Å²) in [7, 11) is 0. The number of Topliss-reactive ketones (excluding diaryl/α,β-unsaturated/α-hetero) is 1. The molecule has 2 heteroatoms. The van der Waals surface area contributed by atoms with Crippen molar-refractivity contribution in [3.8, 4) is 0 Å². The van der Waals surface area contributed by atoms with E-state index in [4.69, 9.17) is 0 Å². The lowest BCUT2D eigenvalue weighted by atomic mass is 9.83. The fourth-order valence-electron chi connectivity index (χ4n) is 2.44. The molecule has 1 aliphatic carbocycles. The molecule has 0 fully saturated rings. The van der Waals surface area contributed by atoms with Crippen LogP contribution in [0.3, 0.4) is 0 Å². The maximum Gasteiger partial charge on any atom is 0.149 e. The first-order valence-electron chi connectivity index (χ1n) is 7.08. The Kier molecular flexibility index (Phi) is 5.26. The van der Waals surface area contributed by atoms with Crippen molar-refractivity contribution in [2.24, 2.45) is 11.8 Å². The van der Waals surface area contributed by atoms with Crippen molar-refractivity contribution in [2.45, 2.75) is 38.0 Å². The van der Waals surface area contributed by atoms with Crippen LogP contribution in [0.2, 0.25) is 0 Å². The molecule has 1 aromatic rings. The summed E-state index contributed by atoms with van der Waals surface area (Å²) in [5, 5.41) is 0. The molecule has 2 rings (SSSR count). The summed E-state index contributed by atoms with van der Waals surface area (Å²) in [5.74, 6) is 1.81. The highest BCUT2D eigenvalue weighted by Crippen LogP contribution is 2.28. The van der Waals surface area contributed by atoms with Gasteiger partial charge in [0.05, 0.1) is 5.75 Å². The van der Waals surface area contributed by atoms with E-state index in [9.17, 15) is 4.79 Å². The van der Waals surface area contributed by atoms with Gasteiger partial charge in [0.1, 0.15) is 5.78 Å². The molecule has 0 spiro atoms. The molecule has 2 atom stereocenters. The second-order valence-corrected chi connectivity index (χ2v) is 6.40. The third-order valence-corrected chi connectivity index (χ3v) is 4.85. The first kappa shape index (κ1) is 14.4. The summed E-state index contributed by atoms with van der Waals surface area (Å²) in [6.07, 6.45) is 7.67. The molecule has 0 saturated carbocycles. The van der Waals surface area contributed by atoms with E-state index in [1.54, 1.807) is 11.8 Å². The van der Waals surface area contributed by atoms with Crippen molar-refractivity contribution in [3.05, 3.63) is 42.0 Å². The minimum absolute atomic E-state index is 0.150. The van der Waals surface area contributed by atoms with Gasteiger partial charge < -0.3 is 0 Å². The molecule has 102 valence electrons. The minimum atomic E-state index is 0.150. The second-order valence-electron chi connectivity index (χ2n) is 5.35. The third kappa shape index (κ3) is 4.24. The highest BCUT2D eigenvalue weighted by atomic mass is 32.2. The summed E-state index contributed by atoms with van der Waals surface area (Å²) < 4.78 is 0. The monoisotopic (exact) mass is 274 g/mol. The zero-order chi connectivity index (χ0) is 13.7. The molecule has 1 nitrogen and oxygen atoms in total. The molecule has 0 bridgehead atoms. The first-order valence-corrected chi connectivity index (χ1v) is 8.06. The van der Waals surface area contributed by atoms with E-state index in [1.165, 1.54) is 16.9 Å². The van der Waals surface area contributed by atoms with Crippen LogP contribution in [-0.4, -0.2) is 11.5 Å². The van der Waals surface area contributed by atoms with Crippen LogP contribution in [0.4, 0.5) is 0 Å². The van der Waals surface area contributed by atoms with Gasteiger partial charge >= 0.3 is 0 Å². The number of ketones is 1. The van der Waals surface area contributed by atoms with E-state index in [1.807, 2.05) is 0 Å². The highest BCUT2D eigenvalue weighted by Gasteiger charge is 2.22. The molecule has 0 heterocycles. The summed E-state index contributed by atoms with van der Waals surface area (Å²) in [4.78, 5) is 13.4. The number of benzene rings is 1. The minimum Gasteiger partial charge on any atom is -0.298 e. The fraction of sp³-hybridized carbons (Fsp3) is 0.471. The standard InChI is InChI=1S/C17H22OS/c1-3-14-5-4-6-15(11-14)17(18)12-19-16-9-7-13(2)8-10-16/h4,6-10,14-15H,3,5,11-12H2,1-2H3. The number of carbonyl (C=O) groups excluding carboxylic acids is 1. The zero-order valence-corrected chi connectivity index (χ0v) is 12.6. The lowest BCUT2D eigenvalue weighted by Gasteiger charge is -2.22. The Morgan fingerprint density at radius 1 is 1.32 bits per heavy atom. The second kappa shape index (κ2) is 6.95. The Labute approximate surface area is 120 Å². The smallest absolute Gasteiger partial charge is 0.149 e. The number of thioether (sulfide) groups is 1. The van der Waals surface area contributed by atoms with Gasteiger partial charge in [-0.2, -0.15) is 0 Å². The average Bonchev–Trinajstić information content (AvgIpc) is 2.46. The van der Waals surface area contributed by atoms with E-state index >= 15 is 0 Å². The Morgan fingerprint density at radius 3 is 2.74 bits per heavy atom. The summed E-state index contributed by atoms with van der Waals surface area (Å²) in [5.41, 5.74) is 1.26. The maximum absolute atomic E-state index is 12.2. The average molecular weight is 274 g/mol. The van der Waals surface area contributed by atoms with Crippen LogP contribution in [-0.2, 0) is 4.79 Å². The van der Waals surface area contributed by atoms with Crippen LogP contribution in [0.25, 0.3) is 0 Å². The van der Waals surface area contributed by atoms with Gasteiger partial charge in [0.2, 0.25) is 0 Å². The molecule has 2 unspecified atom stereocenters. The number of aryl methyl sites for hydroxylation is 1. The van der Waals surface area contributed by atoms with Crippen LogP contribution in [0.1, 0.15) is 31.7 Å². The number of carbonyl (C=O) groups is 1. The molecule has 0 amide bonds. The largest absolute Gasteiger partial charge is 0.298 e. The fourth-order valence-corrected chi connectivity index (χ4v) is 3.29. The van der Waals surface area contributed by atoms with Gasteiger partial charge in [-0.3, -0.25) is 4.79 Å². The van der Waals surface area contributed by atoms with Gasteiger partial charge in [-0.25, -0.2) is 0 Å². The molecular formula is C17H22OS. The predicted octanol–water partition coefficient (Wildman–Crippen LogP) is 4.65. The lowest BCUT2D eigenvalue weighted by Crippen LogP contribution is -2.20. The SMILES string of the molecule is CCC1CC=CC(C(=O)CSc2ccc(C)cc2)C1. The summed E-state index contributed by atoms with van der Waals surface area (Å²) in [6, 6.07) is 8.39. The molecule has 1 aromatic carbocycles. The van der Waals surface area contributed by atoms with E-state index in [2.05, 4.69) is 50.3 Å². The van der Waals surface area contributed by atoms with Crippen molar-refractivity contribution < 1.29 is 4.79 Å². The Morgan fingerprint density at radius 2 is 2.05 bits per heavy atom. The van der Waals surface area contributed by atoms with E-state index in [0.717, 1.165) is 12.8 Å². The van der Waals surface area contributed by atoms with Gasteiger partial charge in [0.25, 0.3) is 0 Å². The first-order chi connectivity index (χ1) is 9.19. The summed E-state index contributed by atoms with van der Waals surface area (Å²) in [6.45, 7) is 4.30. The number of hydrogen-bond acceptors (Lipinski definition) is 2. The molecule has 0 radical (unpaired) electrons.